The second kappa shape index (κ2) is 7.59. The Bertz CT molecular complexity index is 1290. The van der Waals surface area contributed by atoms with Gasteiger partial charge in [0.2, 0.25) is 11.5 Å². The summed E-state index contributed by atoms with van der Waals surface area (Å²) >= 11 is 0. The Balaban J connectivity index is 1.67. The van der Waals surface area contributed by atoms with Gasteiger partial charge in [0.15, 0.2) is 0 Å². The molecule has 1 N–H and O–H groups in total. The number of hydrogen-bond donors (Lipinski definition) is 1. The van der Waals surface area contributed by atoms with Crippen molar-refractivity contribution in [2.75, 3.05) is 0 Å². The fourth-order valence-corrected chi connectivity index (χ4v) is 3.05. The predicted molar refractivity (Wildman–Crippen MR) is 106 cm³/mol. The SMILES string of the molecule is Cc1c(=O)n(Cc2ccccc2)c(=O)n2cc(C(=O)NCc3ccncc3)oc12. The molecule has 0 unspecified atom stereocenters. The van der Waals surface area contributed by atoms with Crippen LogP contribution in [-0.4, -0.2) is 19.9 Å². The van der Waals surface area contributed by atoms with Crippen LogP contribution in [0, 0.1) is 6.92 Å². The molecular weight excluding hydrogens is 372 g/mol. The van der Waals surface area contributed by atoms with Gasteiger partial charge in [0.25, 0.3) is 11.5 Å². The second-order valence-electron chi connectivity index (χ2n) is 6.59. The van der Waals surface area contributed by atoms with Gasteiger partial charge in [-0.05, 0) is 30.2 Å². The molecule has 0 atom stereocenters. The summed E-state index contributed by atoms with van der Waals surface area (Å²) in [5.41, 5.74) is 1.02. The molecule has 0 aliphatic heterocycles. The largest absolute Gasteiger partial charge is 0.432 e. The minimum Gasteiger partial charge on any atom is -0.432 e. The van der Waals surface area contributed by atoms with Crippen LogP contribution in [0.1, 0.15) is 27.2 Å². The Labute approximate surface area is 165 Å². The maximum absolute atomic E-state index is 12.8. The molecule has 8 nitrogen and oxygen atoms in total. The third-order valence-corrected chi connectivity index (χ3v) is 4.61. The number of nitrogens with zero attached hydrogens (tertiary/aromatic N) is 3. The number of hydrogen-bond acceptors (Lipinski definition) is 5. The van der Waals surface area contributed by atoms with Gasteiger partial charge < -0.3 is 9.73 Å². The molecule has 0 radical (unpaired) electrons. The maximum atomic E-state index is 12.8. The van der Waals surface area contributed by atoms with Crippen LogP contribution in [0.4, 0.5) is 0 Å². The Morgan fingerprint density at radius 3 is 2.52 bits per heavy atom. The van der Waals surface area contributed by atoms with Gasteiger partial charge in [-0.3, -0.25) is 19.1 Å². The zero-order valence-corrected chi connectivity index (χ0v) is 15.7. The molecule has 0 aliphatic rings. The summed E-state index contributed by atoms with van der Waals surface area (Å²) in [6.07, 6.45) is 4.58. The van der Waals surface area contributed by atoms with Crippen molar-refractivity contribution >= 4 is 11.6 Å². The summed E-state index contributed by atoms with van der Waals surface area (Å²) < 4.78 is 7.87. The number of fused-ring (bicyclic) bond motifs is 1. The van der Waals surface area contributed by atoms with Crippen LogP contribution in [0.15, 0.2) is 75.1 Å². The fraction of sp³-hybridized carbons (Fsp3) is 0.143. The third-order valence-electron chi connectivity index (χ3n) is 4.61. The summed E-state index contributed by atoms with van der Waals surface area (Å²) in [5, 5.41) is 2.72. The molecule has 1 amide bonds. The number of amides is 1. The number of aromatic nitrogens is 3. The van der Waals surface area contributed by atoms with Crippen molar-refractivity contribution < 1.29 is 9.21 Å². The molecule has 3 aromatic heterocycles. The van der Waals surface area contributed by atoms with Gasteiger partial charge in [0.05, 0.1) is 18.3 Å². The lowest BCUT2D eigenvalue weighted by atomic mass is 10.2. The van der Waals surface area contributed by atoms with Crippen molar-refractivity contribution in [1.82, 2.24) is 19.3 Å². The zero-order chi connectivity index (χ0) is 20.4. The van der Waals surface area contributed by atoms with E-state index in [4.69, 9.17) is 4.42 Å². The van der Waals surface area contributed by atoms with Crippen LogP contribution >= 0.6 is 0 Å². The number of carbonyl (C=O) groups is 1. The molecule has 4 rings (SSSR count). The molecule has 0 saturated heterocycles. The minimum atomic E-state index is -0.559. The van der Waals surface area contributed by atoms with E-state index >= 15 is 0 Å². The monoisotopic (exact) mass is 390 g/mol. The topological polar surface area (TPSA) is 98.6 Å². The molecule has 3 heterocycles. The van der Waals surface area contributed by atoms with Crippen molar-refractivity contribution in [3.8, 4) is 0 Å². The summed E-state index contributed by atoms with van der Waals surface area (Å²) in [6.45, 7) is 1.99. The average molecular weight is 390 g/mol. The van der Waals surface area contributed by atoms with Crippen LogP contribution in [0.2, 0.25) is 0 Å². The molecule has 0 fully saturated rings. The number of carbonyl (C=O) groups excluding carboxylic acids is 1. The predicted octanol–water partition coefficient (Wildman–Crippen LogP) is 1.74. The first-order valence-corrected chi connectivity index (χ1v) is 9.01. The van der Waals surface area contributed by atoms with Gasteiger partial charge in [-0.2, -0.15) is 0 Å². The van der Waals surface area contributed by atoms with Gasteiger partial charge in [-0.25, -0.2) is 9.20 Å². The first kappa shape index (κ1) is 18.4. The van der Waals surface area contributed by atoms with Crippen LogP contribution in [0.3, 0.4) is 0 Å². The van der Waals surface area contributed by atoms with Crippen molar-refractivity contribution in [3.05, 3.63) is 104 Å². The number of pyridine rings is 1. The van der Waals surface area contributed by atoms with Gasteiger partial charge in [0, 0.05) is 18.9 Å². The molecule has 146 valence electrons. The lowest BCUT2D eigenvalue weighted by molar-refractivity contribution is 0.0925. The minimum absolute atomic E-state index is 0.0453. The smallest absolute Gasteiger partial charge is 0.338 e. The zero-order valence-electron chi connectivity index (χ0n) is 15.7. The number of rotatable bonds is 5. The van der Waals surface area contributed by atoms with E-state index in [1.54, 1.807) is 31.5 Å². The Kier molecular flexibility index (Phi) is 4.82. The lowest BCUT2D eigenvalue weighted by Gasteiger charge is -2.06. The summed E-state index contributed by atoms with van der Waals surface area (Å²) in [7, 11) is 0. The van der Waals surface area contributed by atoms with Crippen LogP contribution < -0.4 is 16.6 Å². The Hall–Kier alpha value is -3.94. The molecular formula is C21H18N4O4. The Morgan fingerprint density at radius 1 is 1.07 bits per heavy atom. The van der Waals surface area contributed by atoms with Gasteiger partial charge in [0.1, 0.15) is 0 Å². The van der Waals surface area contributed by atoms with E-state index in [2.05, 4.69) is 10.3 Å². The van der Waals surface area contributed by atoms with Gasteiger partial charge in [-0.15, -0.1) is 0 Å². The standard InChI is InChI=1S/C21H18N4O4/c1-14-19(27)24(12-16-5-3-2-4-6-16)21(28)25-13-17(29-20(14)25)18(26)23-11-15-7-9-22-10-8-15/h2-10,13H,11-12H2,1H3,(H,23,26). The average Bonchev–Trinajstić information content (AvgIpc) is 3.21. The van der Waals surface area contributed by atoms with Crippen LogP contribution in [0.5, 0.6) is 0 Å². The van der Waals surface area contributed by atoms with Gasteiger partial charge >= 0.3 is 5.69 Å². The number of nitrogens with one attached hydrogen (secondary N) is 1. The first-order chi connectivity index (χ1) is 14.0. The molecule has 0 bridgehead atoms. The van der Waals surface area contributed by atoms with Crippen LogP contribution in [0.25, 0.3) is 5.71 Å². The molecule has 0 spiro atoms. The maximum Gasteiger partial charge on any atom is 0.338 e. The van der Waals surface area contributed by atoms with E-state index in [0.29, 0.717) is 0 Å². The van der Waals surface area contributed by atoms with Gasteiger partial charge in [-0.1, -0.05) is 30.3 Å². The Morgan fingerprint density at radius 2 is 1.79 bits per heavy atom. The summed E-state index contributed by atoms with van der Waals surface area (Å²) in [5.74, 6) is -0.525. The van der Waals surface area contributed by atoms with E-state index < -0.39 is 17.2 Å². The highest BCUT2D eigenvalue weighted by atomic mass is 16.4. The van der Waals surface area contributed by atoms with E-state index in [-0.39, 0.29) is 30.1 Å². The number of benzene rings is 1. The summed E-state index contributed by atoms with van der Waals surface area (Å²) in [4.78, 5) is 41.9. The molecule has 29 heavy (non-hydrogen) atoms. The molecule has 8 heteroatoms. The quantitative estimate of drug-likeness (QED) is 0.560. The first-order valence-electron chi connectivity index (χ1n) is 9.01. The van der Waals surface area contributed by atoms with Crippen molar-refractivity contribution in [2.24, 2.45) is 0 Å². The van der Waals surface area contributed by atoms with Crippen molar-refractivity contribution in [1.29, 1.82) is 0 Å². The third kappa shape index (κ3) is 3.60. The number of oxazole rings is 1. The van der Waals surface area contributed by atoms with E-state index in [0.717, 1.165) is 15.7 Å². The molecule has 0 aliphatic carbocycles. The van der Waals surface area contributed by atoms with Crippen LogP contribution in [-0.2, 0) is 13.1 Å². The van der Waals surface area contributed by atoms with Crippen molar-refractivity contribution in [3.63, 3.8) is 0 Å². The number of aryl methyl sites for hydroxylation is 1. The highest BCUT2D eigenvalue weighted by molar-refractivity contribution is 5.91. The normalized spacial score (nSPS) is 10.9. The van der Waals surface area contributed by atoms with Crippen molar-refractivity contribution in [2.45, 2.75) is 20.0 Å². The van der Waals surface area contributed by atoms with E-state index in [1.165, 1.54) is 10.6 Å². The highest BCUT2D eigenvalue weighted by Gasteiger charge is 2.19. The molecule has 4 aromatic rings. The second-order valence-corrected chi connectivity index (χ2v) is 6.59. The van der Waals surface area contributed by atoms with E-state index in [9.17, 15) is 14.4 Å². The highest BCUT2D eigenvalue weighted by Crippen LogP contribution is 2.11. The van der Waals surface area contributed by atoms with E-state index in [1.807, 2.05) is 30.3 Å². The molecule has 0 saturated carbocycles. The summed E-state index contributed by atoms with van der Waals surface area (Å²) in [6, 6.07) is 12.8. The fourth-order valence-electron chi connectivity index (χ4n) is 3.05. The molecule has 1 aromatic carbocycles. The lowest BCUT2D eigenvalue weighted by Crippen LogP contribution is -2.38.